The molecule has 1 heterocycles. The predicted octanol–water partition coefficient (Wildman–Crippen LogP) is -1.77. The summed E-state index contributed by atoms with van der Waals surface area (Å²) in [5.74, 6) is -0.405. The van der Waals surface area contributed by atoms with E-state index in [2.05, 4.69) is 0 Å². The van der Waals surface area contributed by atoms with Gasteiger partial charge in [-0.25, -0.2) is 4.79 Å². The minimum atomic E-state index is -0.832. The van der Waals surface area contributed by atoms with Crippen LogP contribution in [-0.2, 0) is 9.53 Å². The maximum absolute atomic E-state index is 11.3. The molecule has 0 aromatic carbocycles. The van der Waals surface area contributed by atoms with Crippen molar-refractivity contribution in [1.29, 1.82) is 0 Å². The van der Waals surface area contributed by atoms with Crippen LogP contribution in [0.1, 0.15) is 6.92 Å². The summed E-state index contributed by atoms with van der Waals surface area (Å²) in [4.78, 5) is 23.7. The molecule has 0 spiro atoms. The van der Waals surface area contributed by atoms with E-state index in [9.17, 15) is 9.59 Å². The molecule has 0 bridgehead atoms. The molecule has 7 nitrogen and oxygen atoms in total. The van der Waals surface area contributed by atoms with Gasteiger partial charge in [0.2, 0.25) is 5.91 Å². The standard InChI is InChI=1S/C9H18N4O3/c1-6-3-13(4-7(2-10)16-6)5-8(14)12-9(11)15/h6-7H,2-5,10H2,1H3,(H3,11,12,14,15). The number of rotatable bonds is 3. The van der Waals surface area contributed by atoms with Crippen LogP contribution in [0.4, 0.5) is 4.79 Å². The van der Waals surface area contributed by atoms with Crippen molar-refractivity contribution < 1.29 is 14.3 Å². The van der Waals surface area contributed by atoms with Crippen LogP contribution in [0.5, 0.6) is 0 Å². The van der Waals surface area contributed by atoms with E-state index in [-0.39, 0.29) is 18.8 Å². The van der Waals surface area contributed by atoms with Crippen LogP contribution in [-0.4, -0.2) is 55.2 Å². The van der Waals surface area contributed by atoms with E-state index in [1.165, 1.54) is 0 Å². The Hall–Kier alpha value is -1.18. The number of primary amides is 1. The summed E-state index contributed by atoms with van der Waals surface area (Å²) in [6, 6.07) is -0.832. The van der Waals surface area contributed by atoms with Gasteiger partial charge in [-0.05, 0) is 6.92 Å². The van der Waals surface area contributed by atoms with Crippen molar-refractivity contribution >= 4 is 11.9 Å². The Balaban J connectivity index is 2.41. The monoisotopic (exact) mass is 230 g/mol. The maximum Gasteiger partial charge on any atom is 0.318 e. The van der Waals surface area contributed by atoms with Crippen LogP contribution in [0, 0.1) is 0 Å². The van der Waals surface area contributed by atoms with Crippen molar-refractivity contribution in [1.82, 2.24) is 10.2 Å². The molecule has 1 fully saturated rings. The highest BCUT2D eigenvalue weighted by molar-refractivity contribution is 5.94. The van der Waals surface area contributed by atoms with Crippen molar-refractivity contribution in [2.24, 2.45) is 11.5 Å². The number of urea groups is 1. The number of nitrogens with zero attached hydrogens (tertiary/aromatic N) is 1. The Kier molecular flexibility index (Phi) is 4.66. The molecule has 2 unspecified atom stereocenters. The molecule has 16 heavy (non-hydrogen) atoms. The number of hydrogen-bond acceptors (Lipinski definition) is 5. The van der Waals surface area contributed by atoms with Crippen LogP contribution >= 0.6 is 0 Å². The Bertz CT molecular complexity index is 271. The largest absolute Gasteiger partial charge is 0.371 e. The summed E-state index contributed by atoms with van der Waals surface area (Å²) in [6.45, 7) is 3.70. The zero-order valence-electron chi connectivity index (χ0n) is 9.31. The topological polar surface area (TPSA) is 111 Å². The van der Waals surface area contributed by atoms with Gasteiger partial charge in [0.25, 0.3) is 0 Å². The highest BCUT2D eigenvalue weighted by atomic mass is 16.5. The van der Waals surface area contributed by atoms with Crippen LogP contribution < -0.4 is 16.8 Å². The molecule has 7 heteroatoms. The van der Waals surface area contributed by atoms with Gasteiger partial charge in [0, 0.05) is 19.6 Å². The summed E-state index contributed by atoms with van der Waals surface area (Å²) in [6.07, 6.45) is -0.0335. The van der Waals surface area contributed by atoms with E-state index >= 15 is 0 Å². The summed E-state index contributed by atoms with van der Waals surface area (Å²) >= 11 is 0. The van der Waals surface area contributed by atoms with E-state index < -0.39 is 11.9 Å². The second-order valence-electron chi connectivity index (χ2n) is 3.91. The lowest BCUT2D eigenvalue weighted by atomic mass is 10.2. The molecule has 0 radical (unpaired) electrons. The third-order valence-corrected chi connectivity index (χ3v) is 2.29. The third-order valence-electron chi connectivity index (χ3n) is 2.29. The average molecular weight is 230 g/mol. The Morgan fingerprint density at radius 2 is 2.19 bits per heavy atom. The Morgan fingerprint density at radius 1 is 1.50 bits per heavy atom. The van der Waals surface area contributed by atoms with Crippen molar-refractivity contribution in [2.75, 3.05) is 26.2 Å². The molecule has 2 atom stereocenters. The molecule has 92 valence electrons. The molecule has 1 saturated heterocycles. The number of nitrogens with one attached hydrogen (secondary N) is 1. The van der Waals surface area contributed by atoms with Gasteiger partial charge in [-0.15, -0.1) is 0 Å². The van der Waals surface area contributed by atoms with Gasteiger partial charge < -0.3 is 16.2 Å². The zero-order valence-corrected chi connectivity index (χ0v) is 9.31. The van der Waals surface area contributed by atoms with E-state index in [0.717, 1.165) is 0 Å². The molecule has 3 amide bonds. The lowest BCUT2D eigenvalue weighted by Crippen LogP contribution is -2.52. The van der Waals surface area contributed by atoms with Gasteiger partial charge in [-0.3, -0.25) is 15.0 Å². The SMILES string of the molecule is CC1CN(CC(=O)NC(N)=O)CC(CN)O1. The fourth-order valence-electron chi connectivity index (χ4n) is 1.78. The molecule has 0 aromatic heterocycles. The molecule has 1 aliphatic rings. The number of imide groups is 1. The van der Waals surface area contributed by atoms with E-state index in [1.54, 1.807) is 0 Å². The quantitative estimate of drug-likeness (QED) is 0.531. The number of amides is 3. The predicted molar refractivity (Wildman–Crippen MR) is 57.6 cm³/mol. The number of carbonyl (C=O) groups excluding carboxylic acids is 2. The van der Waals surface area contributed by atoms with Gasteiger partial charge >= 0.3 is 6.03 Å². The second kappa shape index (κ2) is 5.78. The number of morpholine rings is 1. The smallest absolute Gasteiger partial charge is 0.318 e. The van der Waals surface area contributed by atoms with Crippen molar-refractivity contribution in [3.8, 4) is 0 Å². The minimum Gasteiger partial charge on any atom is -0.371 e. The van der Waals surface area contributed by atoms with E-state index in [1.807, 2.05) is 17.1 Å². The fraction of sp³-hybridized carbons (Fsp3) is 0.778. The first-order valence-electron chi connectivity index (χ1n) is 5.18. The first-order valence-corrected chi connectivity index (χ1v) is 5.18. The van der Waals surface area contributed by atoms with Gasteiger partial charge in [-0.2, -0.15) is 0 Å². The molecule has 0 aliphatic carbocycles. The van der Waals surface area contributed by atoms with Crippen LogP contribution in [0.25, 0.3) is 0 Å². The number of hydrogen-bond donors (Lipinski definition) is 3. The van der Waals surface area contributed by atoms with Crippen LogP contribution in [0.15, 0.2) is 0 Å². The number of nitrogens with two attached hydrogens (primary N) is 2. The minimum absolute atomic E-state index is 0.0312. The first-order chi connectivity index (χ1) is 7.51. The third kappa shape index (κ3) is 4.13. The van der Waals surface area contributed by atoms with Crippen molar-refractivity contribution in [2.45, 2.75) is 19.1 Å². The average Bonchev–Trinajstić information content (AvgIpc) is 2.14. The molecule has 1 rings (SSSR count). The van der Waals surface area contributed by atoms with Crippen LogP contribution in [0.3, 0.4) is 0 Å². The Morgan fingerprint density at radius 3 is 2.75 bits per heavy atom. The van der Waals surface area contributed by atoms with E-state index in [4.69, 9.17) is 16.2 Å². The molecular weight excluding hydrogens is 212 g/mol. The summed E-state index contributed by atoms with van der Waals surface area (Å²) in [7, 11) is 0. The van der Waals surface area contributed by atoms with E-state index in [0.29, 0.717) is 19.6 Å². The van der Waals surface area contributed by atoms with Gasteiger partial charge in [-0.1, -0.05) is 0 Å². The van der Waals surface area contributed by atoms with Crippen LogP contribution in [0.2, 0.25) is 0 Å². The van der Waals surface area contributed by atoms with Crippen molar-refractivity contribution in [3.05, 3.63) is 0 Å². The van der Waals surface area contributed by atoms with Gasteiger partial charge in [0.1, 0.15) is 0 Å². The highest BCUT2D eigenvalue weighted by Crippen LogP contribution is 2.09. The summed E-state index contributed by atoms with van der Waals surface area (Å²) < 4.78 is 5.54. The lowest BCUT2D eigenvalue weighted by molar-refractivity contribution is -0.125. The number of ether oxygens (including phenoxy) is 1. The molecule has 1 aliphatic heterocycles. The lowest BCUT2D eigenvalue weighted by Gasteiger charge is -2.35. The maximum atomic E-state index is 11.3. The number of carbonyl (C=O) groups is 2. The normalized spacial score (nSPS) is 26.4. The molecular formula is C9H18N4O3. The summed E-state index contributed by atoms with van der Waals surface area (Å²) in [5, 5.41) is 2.02. The molecule has 0 aromatic rings. The Labute approximate surface area is 94.1 Å². The van der Waals surface area contributed by atoms with Gasteiger partial charge in [0.05, 0.1) is 18.8 Å². The second-order valence-corrected chi connectivity index (χ2v) is 3.91. The molecule has 0 saturated carbocycles. The van der Waals surface area contributed by atoms with Gasteiger partial charge in [0.15, 0.2) is 0 Å². The highest BCUT2D eigenvalue weighted by Gasteiger charge is 2.25. The van der Waals surface area contributed by atoms with Crippen molar-refractivity contribution in [3.63, 3.8) is 0 Å². The first kappa shape index (κ1) is 12.9. The fourth-order valence-corrected chi connectivity index (χ4v) is 1.78. The zero-order chi connectivity index (χ0) is 12.1. The molecule has 5 N–H and O–H groups in total. The summed E-state index contributed by atoms with van der Waals surface area (Å²) in [5.41, 5.74) is 10.4.